The van der Waals surface area contributed by atoms with Crippen LogP contribution in [0.3, 0.4) is 0 Å². The van der Waals surface area contributed by atoms with Gasteiger partial charge in [-0.05, 0) is 11.5 Å². The normalized spacial score (nSPS) is 15.3. The first-order chi connectivity index (χ1) is 18.0. The molecule has 0 spiro atoms. The van der Waals surface area contributed by atoms with Crippen LogP contribution in [0.5, 0.6) is 5.75 Å². The molecule has 0 saturated carbocycles. The van der Waals surface area contributed by atoms with Crippen molar-refractivity contribution in [3.05, 3.63) is 48.2 Å². The van der Waals surface area contributed by atoms with E-state index < -0.39 is 79.7 Å². The van der Waals surface area contributed by atoms with Gasteiger partial charge in [0.2, 0.25) is 5.83 Å². The van der Waals surface area contributed by atoms with Crippen LogP contribution in [0.25, 0.3) is 10.8 Å². The van der Waals surface area contributed by atoms with Crippen molar-refractivity contribution in [2.24, 2.45) is 0 Å². The van der Waals surface area contributed by atoms with E-state index in [4.69, 9.17) is 0 Å². The average Bonchev–Trinajstić information content (AvgIpc) is 2.81. The SMILES string of the molecule is O=S(=O)([O-])c1c(OC(F)=C(F)C(F)(F)C(F)(F)C(F)(F)C(F)(F)C(F)(F)C(F)(F)C(F)(F)F)ccc2ccccc12.[K+]. The van der Waals surface area contributed by atoms with Crippen LogP contribution in [0, 0.1) is 0 Å². The second-order valence-corrected chi connectivity index (χ2v) is 9.02. The maximum Gasteiger partial charge on any atom is 1.00 e. The minimum atomic E-state index is -8.76. The summed E-state index contributed by atoms with van der Waals surface area (Å²) in [5.41, 5.74) is 0. The topological polar surface area (TPSA) is 66.4 Å². The number of alkyl halides is 15. The number of ether oxygens (including phenoxy) is 1. The summed E-state index contributed by atoms with van der Waals surface area (Å²) in [5, 5.41) is -0.918. The van der Waals surface area contributed by atoms with Gasteiger partial charge >= 0.3 is 99.1 Å². The van der Waals surface area contributed by atoms with E-state index in [1.54, 1.807) is 0 Å². The van der Waals surface area contributed by atoms with Gasteiger partial charge in [0.05, 0.1) is 0 Å². The Balaban J connectivity index is 0.00000882. The van der Waals surface area contributed by atoms with E-state index in [9.17, 15) is 87.6 Å². The molecule has 0 fully saturated rings. The van der Waals surface area contributed by atoms with Gasteiger partial charge < -0.3 is 9.29 Å². The molecular weight excluding hydrogens is 686 g/mol. The number of rotatable bonds is 9. The maximum absolute atomic E-state index is 14.1. The molecule has 0 N–H and O–H groups in total. The molecule has 0 unspecified atom stereocenters. The Bertz CT molecular complexity index is 1470. The van der Waals surface area contributed by atoms with Crippen molar-refractivity contribution < 1.29 is 144 Å². The Morgan fingerprint density at radius 2 is 1.07 bits per heavy atom. The molecule has 0 aromatic heterocycles. The van der Waals surface area contributed by atoms with Crippen molar-refractivity contribution in [1.29, 1.82) is 0 Å². The number of allylic oxidation sites excluding steroid dienone is 1. The Labute approximate surface area is 263 Å². The molecule has 0 heterocycles. The van der Waals surface area contributed by atoms with Gasteiger partial charge in [0.15, 0.2) is 0 Å². The van der Waals surface area contributed by atoms with Crippen LogP contribution in [0.1, 0.15) is 0 Å². The molecule has 2 aromatic carbocycles. The van der Waals surface area contributed by atoms with Gasteiger partial charge in [-0.15, -0.1) is 0 Å². The molecule has 0 aliphatic rings. The maximum atomic E-state index is 14.1. The Kier molecular flexibility index (Phi) is 10.6. The first-order valence-corrected chi connectivity index (χ1v) is 11.0. The van der Waals surface area contributed by atoms with Gasteiger partial charge in [0, 0.05) is 5.39 Å². The average molecular weight is 692 g/mol. The van der Waals surface area contributed by atoms with Crippen LogP contribution in [0.4, 0.5) is 74.6 Å². The van der Waals surface area contributed by atoms with Crippen LogP contribution in [0.2, 0.25) is 0 Å². The minimum absolute atomic E-state index is 0. The van der Waals surface area contributed by atoms with Crippen molar-refractivity contribution in [2.45, 2.75) is 46.6 Å². The van der Waals surface area contributed by atoms with E-state index in [1.165, 1.54) is 6.07 Å². The molecular formula is C19H6F17KO4S. The zero-order valence-corrected chi connectivity index (χ0v) is 23.4. The molecule has 2 aromatic rings. The number of halogens is 17. The molecule has 23 heteroatoms. The monoisotopic (exact) mass is 692 g/mol. The van der Waals surface area contributed by atoms with E-state index >= 15 is 0 Å². The predicted octanol–water partition coefficient (Wildman–Crippen LogP) is 4.61. The second kappa shape index (κ2) is 11.5. The standard InChI is InChI=1S/C19H7F17O4S.K/c20-11(12(21)40-9-6-5-7-3-1-2-4-8(7)10(9)41(37,38)39)13(22,23)14(24,25)15(26,27)16(28,29)17(30,31)18(32,33)19(34,35)36;/h1-6H,(H,37,38,39);/q;+1/p-1. The van der Waals surface area contributed by atoms with Crippen LogP contribution in [-0.4, -0.2) is 54.7 Å². The fourth-order valence-corrected chi connectivity index (χ4v) is 3.74. The third kappa shape index (κ3) is 5.85. The molecule has 0 bridgehead atoms. The van der Waals surface area contributed by atoms with E-state index in [-0.39, 0.29) is 62.8 Å². The first-order valence-electron chi connectivity index (χ1n) is 9.56. The molecule has 0 aliphatic carbocycles. The number of hydrogen-bond acceptors (Lipinski definition) is 4. The summed E-state index contributed by atoms with van der Waals surface area (Å²) in [6.45, 7) is 0. The fourth-order valence-electron chi connectivity index (χ4n) is 2.93. The number of benzene rings is 2. The zero-order chi connectivity index (χ0) is 32.4. The third-order valence-electron chi connectivity index (χ3n) is 5.07. The zero-order valence-electron chi connectivity index (χ0n) is 19.4. The van der Waals surface area contributed by atoms with Crippen molar-refractivity contribution in [1.82, 2.24) is 0 Å². The van der Waals surface area contributed by atoms with Crippen LogP contribution < -0.4 is 56.1 Å². The van der Waals surface area contributed by atoms with Crippen molar-refractivity contribution in [2.75, 3.05) is 0 Å². The van der Waals surface area contributed by atoms with E-state index in [2.05, 4.69) is 4.74 Å². The number of hydrogen-bond donors (Lipinski definition) is 0. The summed E-state index contributed by atoms with van der Waals surface area (Å²) in [7, 11) is -5.87. The summed E-state index contributed by atoms with van der Waals surface area (Å²) >= 11 is 0. The van der Waals surface area contributed by atoms with E-state index in [0.29, 0.717) is 6.07 Å². The van der Waals surface area contributed by atoms with Gasteiger partial charge in [-0.1, -0.05) is 30.3 Å². The molecule has 2 rings (SSSR count). The number of fused-ring (bicyclic) bond motifs is 1. The minimum Gasteiger partial charge on any atom is -0.744 e. The Morgan fingerprint density at radius 3 is 1.52 bits per heavy atom. The van der Waals surface area contributed by atoms with Gasteiger partial charge in [-0.25, -0.2) is 8.42 Å². The molecule has 42 heavy (non-hydrogen) atoms. The summed E-state index contributed by atoms with van der Waals surface area (Å²) in [6.07, 6.45) is -7.86. The van der Waals surface area contributed by atoms with Crippen LogP contribution >= 0.6 is 0 Å². The largest absolute Gasteiger partial charge is 1.00 e. The van der Waals surface area contributed by atoms with Crippen molar-refractivity contribution in [3.63, 3.8) is 0 Å². The van der Waals surface area contributed by atoms with E-state index in [0.717, 1.165) is 18.2 Å². The van der Waals surface area contributed by atoms with Crippen molar-refractivity contribution >= 4 is 20.9 Å². The summed E-state index contributed by atoms with van der Waals surface area (Å²) in [6, 6.07) is 1.05. The Morgan fingerprint density at radius 1 is 0.643 bits per heavy atom. The quantitative estimate of drug-likeness (QED) is 0.167. The predicted molar refractivity (Wildman–Crippen MR) is 97.5 cm³/mol. The van der Waals surface area contributed by atoms with Crippen molar-refractivity contribution in [3.8, 4) is 5.75 Å². The molecule has 0 saturated heterocycles. The van der Waals surface area contributed by atoms with E-state index in [1.807, 2.05) is 0 Å². The first kappa shape index (κ1) is 38.6. The van der Waals surface area contributed by atoms with Gasteiger partial charge in [-0.2, -0.15) is 74.6 Å². The fraction of sp³-hybridized carbons (Fsp3) is 0.368. The molecule has 0 radical (unpaired) electrons. The molecule has 0 amide bonds. The van der Waals surface area contributed by atoms with Gasteiger partial charge in [-0.3, -0.25) is 0 Å². The molecule has 4 nitrogen and oxygen atoms in total. The summed E-state index contributed by atoms with van der Waals surface area (Å²) < 4.78 is 265. The molecule has 232 valence electrons. The van der Waals surface area contributed by atoms with Gasteiger partial charge in [0.1, 0.15) is 20.8 Å². The summed E-state index contributed by atoms with van der Waals surface area (Å²) in [4.78, 5) is -1.71. The van der Waals surface area contributed by atoms with Crippen LogP contribution in [-0.2, 0) is 10.1 Å². The smallest absolute Gasteiger partial charge is 0.744 e. The van der Waals surface area contributed by atoms with Gasteiger partial charge in [0.25, 0.3) is 0 Å². The Hall–Kier alpha value is -1.40. The molecule has 0 atom stereocenters. The third-order valence-corrected chi connectivity index (χ3v) is 5.99. The summed E-state index contributed by atoms with van der Waals surface area (Å²) in [5.74, 6) is -57.1. The second-order valence-electron chi connectivity index (χ2n) is 7.70. The van der Waals surface area contributed by atoms with Crippen LogP contribution in [0.15, 0.2) is 53.1 Å². The molecule has 0 aliphatic heterocycles.